The van der Waals surface area contributed by atoms with E-state index in [0.717, 1.165) is 6.54 Å². The normalized spacial score (nSPS) is 17.5. The Hall–Kier alpha value is -0.710. The molecule has 1 saturated carbocycles. The van der Waals surface area contributed by atoms with Crippen LogP contribution in [-0.4, -0.2) is 17.5 Å². The fourth-order valence-corrected chi connectivity index (χ4v) is 0.797. The zero-order valence-corrected chi connectivity index (χ0v) is 5.09. The van der Waals surface area contributed by atoms with Crippen molar-refractivity contribution in [2.75, 3.05) is 6.54 Å². The molecule has 0 aromatic rings. The van der Waals surface area contributed by atoms with Crippen molar-refractivity contribution in [3.05, 3.63) is 0 Å². The van der Waals surface area contributed by atoms with Crippen LogP contribution in [0.4, 0.5) is 0 Å². The van der Waals surface area contributed by atoms with Crippen molar-refractivity contribution in [1.29, 1.82) is 5.26 Å². The van der Waals surface area contributed by atoms with Gasteiger partial charge in [-0.2, -0.15) is 5.26 Å². The standard InChI is InChI=1S/C6H10N2/c1-2-8(5-7)6-3-4-6/h6H,2-4H2,1H3. The minimum atomic E-state index is 0.602. The molecule has 0 saturated heterocycles. The van der Waals surface area contributed by atoms with Crippen molar-refractivity contribution in [1.82, 2.24) is 4.90 Å². The van der Waals surface area contributed by atoms with Crippen molar-refractivity contribution >= 4 is 0 Å². The summed E-state index contributed by atoms with van der Waals surface area (Å²) in [6, 6.07) is 0.602. The predicted octanol–water partition coefficient (Wildman–Crippen LogP) is 0.952. The zero-order valence-electron chi connectivity index (χ0n) is 5.09. The van der Waals surface area contributed by atoms with Crippen LogP contribution in [0.2, 0.25) is 0 Å². The number of hydrogen-bond donors (Lipinski definition) is 0. The Bertz CT molecular complexity index is 110. The van der Waals surface area contributed by atoms with Crippen LogP contribution in [0.1, 0.15) is 19.8 Å². The van der Waals surface area contributed by atoms with Crippen LogP contribution in [0.25, 0.3) is 0 Å². The zero-order chi connectivity index (χ0) is 5.98. The first kappa shape index (κ1) is 5.43. The molecule has 1 rings (SSSR count). The molecule has 0 unspecified atom stereocenters. The maximum absolute atomic E-state index is 8.41. The van der Waals surface area contributed by atoms with Gasteiger partial charge in [-0.15, -0.1) is 0 Å². The van der Waals surface area contributed by atoms with Gasteiger partial charge in [0.15, 0.2) is 6.19 Å². The van der Waals surface area contributed by atoms with Gasteiger partial charge in [-0.1, -0.05) is 0 Å². The Kier molecular flexibility index (Phi) is 1.38. The van der Waals surface area contributed by atoms with E-state index in [0.29, 0.717) is 6.04 Å². The lowest BCUT2D eigenvalue weighted by Gasteiger charge is -2.08. The molecule has 0 N–H and O–H groups in total. The highest BCUT2D eigenvalue weighted by Gasteiger charge is 2.26. The van der Waals surface area contributed by atoms with Gasteiger partial charge in [-0.3, -0.25) is 0 Å². The third kappa shape index (κ3) is 0.919. The smallest absolute Gasteiger partial charge is 0.179 e. The molecule has 0 atom stereocenters. The summed E-state index contributed by atoms with van der Waals surface area (Å²) >= 11 is 0. The van der Waals surface area contributed by atoms with Gasteiger partial charge in [-0.25, -0.2) is 0 Å². The number of nitriles is 1. The van der Waals surface area contributed by atoms with Crippen molar-refractivity contribution in [3.8, 4) is 6.19 Å². The molecule has 8 heavy (non-hydrogen) atoms. The molecular formula is C6H10N2. The maximum Gasteiger partial charge on any atom is 0.179 e. The monoisotopic (exact) mass is 110 g/mol. The molecule has 0 aliphatic heterocycles. The summed E-state index contributed by atoms with van der Waals surface area (Å²) < 4.78 is 0. The molecule has 0 aromatic carbocycles. The lowest BCUT2D eigenvalue weighted by molar-refractivity contribution is 0.403. The van der Waals surface area contributed by atoms with E-state index in [9.17, 15) is 0 Å². The predicted molar refractivity (Wildman–Crippen MR) is 31.0 cm³/mol. The molecule has 1 fully saturated rings. The molecule has 0 amide bonds. The van der Waals surface area contributed by atoms with Gasteiger partial charge in [0.1, 0.15) is 0 Å². The van der Waals surface area contributed by atoms with Crippen LogP contribution < -0.4 is 0 Å². The second kappa shape index (κ2) is 2.04. The average molecular weight is 110 g/mol. The van der Waals surface area contributed by atoms with Crippen LogP contribution in [0, 0.1) is 11.5 Å². The van der Waals surface area contributed by atoms with E-state index in [1.165, 1.54) is 12.8 Å². The highest BCUT2D eigenvalue weighted by atomic mass is 15.2. The molecular weight excluding hydrogens is 100 g/mol. The summed E-state index contributed by atoms with van der Waals surface area (Å²) in [5, 5.41) is 8.41. The largest absolute Gasteiger partial charge is 0.308 e. The SMILES string of the molecule is CCN(C#N)C1CC1. The molecule has 1 aliphatic carbocycles. The first-order valence-corrected chi connectivity index (χ1v) is 3.05. The molecule has 0 aromatic heterocycles. The molecule has 1 aliphatic rings. The van der Waals surface area contributed by atoms with Gasteiger partial charge in [0.05, 0.1) is 0 Å². The van der Waals surface area contributed by atoms with E-state index < -0.39 is 0 Å². The Morgan fingerprint density at radius 3 is 2.50 bits per heavy atom. The molecule has 0 heterocycles. The fourth-order valence-electron chi connectivity index (χ4n) is 0.797. The van der Waals surface area contributed by atoms with Gasteiger partial charge < -0.3 is 4.90 Å². The van der Waals surface area contributed by atoms with E-state index >= 15 is 0 Å². The van der Waals surface area contributed by atoms with Crippen LogP contribution in [0.5, 0.6) is 0 Å². The van der Waals surface area contributed by atoms with Crippen LogP contribution in [0.15, 0.2) is 0 Å². The van der Waals surface area contributed by atoms with Crippen LogP contribution >= 0.6 is 0 Å². The third-order valence-corrected chi connectivity index (χ3v) is 1.46. The van der Waals surface area contributed by atoms with E-state index in [1.807, 2.05) is 11.8 Å². The van der Waals surface area contributed by atoms with Gasteiger partial charge in [0, 0.05) is 12.6 Å². The second-order valence-electron chi connectivity index (χ2n) is 2.12. The summed E-state index contributed by atoms with van der Waals surface area (Å²) in [5.74, 6) is 0. The lowest BCUT2D eigenvalue weighted by atomic mass is 10.5. The summed E-state index contributed by atoms with van der Waals surface area (Å²) in [6.07, 6.45) is 4.59. The van der Waals surface area contributed by atoms with Gasteiger partial charge in [-0.05, 0) is 19.8 Å². The summed E-state index contributed by atoms with van der Waals surface area (Å²) in [5.41, 5.74) is 0. The second-order valence-corrected chi connectivity index (χ2v) is 2.12. The lowest BCUT2D eigenvalue weighted by Crippen LogP contribution is -2.18. The Morgan fingerprint density at radius 2 is 2.38 bits per heavy atom. The Labute approximate surface area is 49.7 Å². The maximum atomic E-state index is 8.41. The van der Waals surface area contributed by atoms with Crippen molar-refractivity contribution in [2.45, 2.75) is 25.8 Å². The average Bonchev–Trinajstić information content (AvgIpc) is 2.53. The molecule has 0 bridgehead atoms. The van der Waals surface area contributed by atoms with Crippen molar-refractivity contribution in [2.24, 2.45) is 0 Å². The molecule has 44 valence electrons. The fraction of sp³-hybridized carbons (Fsp3) is 0.833. The first-order chi connectivity index (χ1) is 3.88. The van der Waals surface area contributed by atoms with E-state index in [2.05, 4.69) is 6.19 Å². The van der Waals surface area contributed by atoms with Gasteiger partial charge in [0.25, 0.3) is 0 Å². The minimum absolute atomic E-state index is 0.602. The molecule has 0 radical (unpaired) electrons. The van der Waals surface area contributed by atoms with Crippen molar-refractivity contribution in [3.63, 3.8) is 0 Å². The summed E-state index contributed by atoms with van der Waals surface area (Å²) in [7, 11) is 0. The number of nitrogens with zero attached hydrogens (tertiary/aromatic N) is 2. The van der Waals surface area contributed by atoms with Gasteiger partial charge in [0.2, 0.25) is 0 Å². The van der Waals surface area contributed by atoms with Gasteiger partial charge >= 0.3 is 0 Å². The highest BCUT2D eigenvalue weighted by Crippen LogP contribution is 2.25. The third-order valence-electron chi connectivity index (χ3n) is 1.46. The van der Waals surface area contributed by atoms with Crippen LogP contribution in [0.3, 0.4) is 0 Å². The van der Waals surface area contributed by atoms with Crippen LogP contribution in [-0.2, 0) is 0 Å². The number of rotatable bonds is 2. The Balaban J connectivity index is 2.29. The summed E-state index contributed by atoms with van der Waals surface area (Å²) in [6.45, 7) is 2.89. The highest BCUT2D eigenvalue weighted by molar-refractivity contribution is 4.90. The first-order valence-electron chi connectivity index (χ1n) is 3.05. The molecule has 2 heteroatoms. The molecule has 2 nitrogen and oxygen atoms in total. The quantitative estimate of drug-likeness (QED) is 0.391. The summed E-state index contributed by atoms with van der Waals surface area (Å²) in [4.78, 5) is 1.83. The minimum Gasteiger partial charge on any atom is -0.308 e. The van der Waals surface area contributed by atoms with E-state index in [1.54, 1.807) is 0 Å². The van der Waals surface area contributed by atoms with Crippen molar-refractivity contribution < 1.29 is 0 Å². The van der Waals surface area contributed by atoms with E-state index in [4.69, 9.17) is 5.26 Å². The number of hydrogen-bond acceptors (Lipinski definition) is 2. The molecule has 0 spiro atoms. The van der Waals surface area contributed by atoms with E-state index in [-0.39, 0.29) is 0 Å². The Morgan fingerprint density at radius 1 is 1.75 bits per heavy atom. The topological polar surface area (TPSA) is 27.0 Å².